The summed E-state index contributed by atoms with van der Waals surface area (Å²) in [7, 11) is 1.74. The van der Waals surface area contributed by atoms with E-state index in [1.807, 2.05) is 12.1 Å². The van der Waals surface area contributed by atoms with E-state index in [-0.39, 0.29) is 5.60 Å². The lowest BCUT2D eigenvalue weighted by molar-refractivity contribution is -0.0134. The van der Waals surface area contributed by atoms with Crippen molar-refractivity contribution < 1.29 is 4.74 Å². The minimum atomic E-state index is -0.183. The van der Waals surface area contributed by atoms with Gasteiger partial charge < -0.3 is 10.5 Å². The van der Waals surface area contributed by atoms with Crippen LogP contribution in [-0.2, 0) is 17.6 Å². The molecule has 15 heavy (non-hydrogen) atoms. The van der Waals surface area contributed by atoms with Crippen LogP contribution in [-0.4, -0.2) is 19.3 Å². The fraction of sp³-hybridized carbons (Fsp3) is 0.500. The predicted octanol–water partition coefficient (Wildman–Crippen LogP) is 2.17. The molecule has 0 spiro atoms. The van der Waals surface area contributed by atoms with Crippen molar-refractivity contribution in [2.75, 3.05) is 13.7 Å². The monoisotopic (exact) mass is 225 g/mol. The third kappa shape index (κ3) is 2.03. The first kappa shape index (κ1) is 10.9. The molecule has 0 saturated carbocycles. The Labute approximate surface area is 95.4 Å². The van der Waals surface area contributed by atoms with Gasteiger partial charge in [0, 0.05) is 25.1 Å². The first-order valence-corrected chi connectivity index (χ1v) is 5.59. The van der Waals surface area contributed by atoms with Gasteiger partial charge in [-0.1, -0.05) is 17.7 Å². The lowest BCUT2D eigenvalue weighted by atomic mass is 9.80. The molecule has 1 aliphatic carbocycles. The third-order valence-corrected chi connectivity index (χ3v) is 3.57. The fourth-order valence-electron chi connectivity index (χ4n) is 2.23. The summed E-state index contributed by atoms with van der Waals surface area (Å²) in [6.07, 6.45) is 2.89. The number of ether oxygens (including phenoxy) is 1. The molecule has 2 rings (SSSR count). The third-order valence-electron chi connectivity index (χ3n) is 3.34. The van der Waals surface area contributed by atoms with Gasteiger partial charge in [-0.15, -0.1) is 0 Å². The van der Waals surface area contributed by atoms with Gasteiger partial charge in [-0.2, -0.15) is 0 Å². The molecule has 1 aromatic rings. The smallest absolute Gasteiger partial charge is 0.0843 e. The molecule has 0 radical (unpaired) electrons. The Kier molecular flexibility index (Phi) is 3.01. The molecule has 1 atom stereocenters. The maximum Gasteiger partial charge on any atom is 0.0843 e. The van der Waals surface area contributed by atoms with E-state index in [2.05, 4.69) is 6.07 Å². The van der Waals surface area contributed by atoms with E-state index in [4.69, 9.17) is 22.1 Å². The summed E-state index contributed by atoms with van der Waals surface area (Å²) in [5.74, 6) is 0. The zero-order chi connectivity index (χ0) is 10.9. The van der Waals surface area contributed by atoms with E-state index in [1.54, 1.807) is 7.11 Å². The summed E-state index contributed by atoms with van der Waals surface area (Å²) in [4.78, 5) is 0. The summed E-state index contributed by atoms with van der Waals surface area (Å²) in [6.45, 7) is 0.565. The molecule has 2 nitrogen and oxygen atoms in total. The molecule has 0 aliphatic heterocycles. The van der Waals surface area contributed by atoms with Crippen LogP contribution in [0, 0.1) is 0 Å². The number of methoxy groups -OCH3 is 1. The Balaban J connectivity index is 2.32. The number of hydrogen-bond acceptors (Lipinski definition) is 2. The van der Waals surface area contributed by atoms with Gasteiger partial charge in [0.05, 0.1) is 5.60 Å². The van der Waals surface area contributed by atoms with Gasteiger partial charge in [-0.25, -0.2) is 0 Å². The van der Waals surface area contributed by atoms with E-state index in [0.29, 0.717) is 6.54 Å². The van der Waals surface area contributed by atoms with Crippen molar-refractivity contribution in [1.29, 1.82) is 0 Å². The van der Waals surface area contributed by atoms with Crippen molar-refractivity contribution >= 4 is 11.6 Å². The van der Waals surface area contributed by atoms with Crippen molar-refractivity contribution in [3.05, 3.63) is 34.3 Å². The highest BCUT2D eigenvalue weighted by atomic mass is 35.5. The highest BCUT2D eigenvalue weighted by Crippen LogP contribution is 2.31. The summed E-state index contributed by atoms with van der Waals surface area (Å²) in [5, 5.41) is 0.790. The van der Waals surface area contributed by atoms with Gasteiger partial charge in [0.1, 0.15) is 0 Å². The maximum atomic E-state index is 5.98. The number of halogens is 1. The summed E-state index contributed by atoms with van der Waals surface area (Å²) < 4.78 is 5.56. The Morgan fingerprint density at radius 1 is 1.47 bits per heavy atom. The van der Waals surface area contributed by atoms with Crippen LogP contribution < -0.4 is 5.73 Å². The molecule has 82 valence electrons. The summed E-state index contributed by atoms with van der Waals surface area (Å²) in [6, 6.07) is 6.08. The van der Waals surface area contributed by atoms with Crippen LogP contribution in [0.1, 0.15) is 17.5 Å². The molecule has 0 amide bonds. The largest absolute Gasteiger partial charge is 0.377 e. The molecular formula is C12H16ClNO. The van der Waals surface area contributed by atoms with Crippen LogP contribution in [0.2, 0.25) is 5.02 Å². The van der Waals surface area contributed by atoms with Crippen molar-refractivity contribution in [2.24, 2.45) is 5.73 Å². The van der Waals surface area contributed by atoms with Crippen LogP contribution in [0.15, 0.2) is 18.2 Å². The van der Waals surface area contributed by atoms with Crippen LogP contribution in [0.4, 0.5) is 0 Å². The zero-order valence-electron chi connectivity index (χ0n) is 8.92. The minimum absolute atomic E-state index is 0.183. The van der Waals surface area contributed by atoms with Crippen molar-refractivity contribution in [1.82, 2.24) is 0 Å². The Morgan fingerprint density at radius 3 is 2.93 bits per heavy atom. The molecule has 2 N–H and O–H groups in total. The first-order valence-electron chi connectivity index (χ1n) is 5.22. The standard InChI is InChI=1S/C12H16ClNO/c1-15-12(8-14)5-4-9-2-3-11(13)6-10(9)7-12/h2-3,6H,4-5,7-8,14H2,1H3. The van der Waals surface area contributed by atoms with Crippen LogP contribution >= 0.6 is 11.6 Å². The van der Waals surface area contributed by atoms with Gasteiger partial charge in [-0.05, 0) is 36.1 Å². The Morgan fingerprint density at radius 2 is 2.27 bits per heavy atom. The normalized spacial score (nSPS) is 25.0. The number of rotatable bonds is 2. The first-order chi connectivity index (χ1) is 7.19. The SMILES string of the molecule is COC1(CN)CCc2ccc(Cl)cc2C1. The van der Waals surface area contributed by atoms with Gasteiger partial charge in [0.15, 0.2) is 0 Å². The average Bonchev–Trinajstić information content (AvgIpc) is 2.28. The molecule has 0 saturated heterocycles. The van der Waals surface area contributed by atoms with Gasteiger partial charge >= 0.3 is 0 Å². The average molecular weight is 226 g/mol. The molecule has 0 heterocycles. The molecule has 0 fully saturated rings. The molecule has 0 aromatic heterocycles. The molecule has 0 bridgehead atoms. The Bertz CT molecular complexity index is 361. The summed E-state index contributed by atoms with van der Waals surface area (Å²) >= 11 is 5.98. The molecule has 1 unspecified atom stereocenters. The highest BCUT2D eigenvalue weighted by Gasteiger charge is 2.32. The van der Waals surface area contributed by atoms with Crippen molar-refractivity contribution in [3.8, 4) is 0 Å². The van der Waals surface area contributed by atoms with Crippen LogP contribution in [0.25, 0.3) is 0 Å². The van der Waals surface area contributed by atoms with Gasteiger partial charge in [-0.3, -0.25) is 0 Å². The molecule has 1 aliphatic rings. The maximum absolute atomic E-state index is 5.98. The fourth-order valence-corrected chi connectivity index (χ4v) is 2.43. The number of fused-ring (bicyclic) bond motifs is 1. The minimum Gasteiger partial charge on any atom is -0.377 e. The number of aryl methyl sites for hydroxylation is 1. The second-order valence-electron chi connectivity index (χ2n) is 4.18. The van der Waals surface area contributed by atoms with Crippen LogP contribution in [0.3, 0.4) is 0 Å². The lowest BCUT2D eigenvalue weighted by Crippen LogP contribution is -2.44. The van der Waals surface area contributed by atoms with E-state index in [9.17, 15) is 0 Å². The quantitative estimate of drug-likeness (QED) is 0.838. The molecular weight excluding hydrogens is 210 g/mol. The van der Waals surface area contributed by atoms with E-state index < -0.39 is 0 Å². The number of hydrogen-bond donors (Lipinski definition) is 1. The van der Waals surface area contributed by atoms with Gasteiger partial charge in [0.25, 0.3) is 0 Å². The topological polar surface area (TPSA) is 35.2 Å². The second kappa shape index (κ2) is 4.12. The van der Waals surface area contributed by atoms with Gasteiger partial charge in [0.2, 0.25) is 0 Å². The molecule has 3 heteroatoms. The zero-order valence-corrected chi connectivity index (χ0v) is 9.68. The number of nitrogens with two attached hydrogens (primary N) is 1. The van der Waals surface area contributed by atoms with Crippen molar-refractivity contribution in [2.45, 2.75) is 24.9 Å². The lowest BCUT2D eigenvalue weighted by Gasteiger charge is -2.36. The van der Waals surface area contributed by atoms with E-state index in [0.717, 1.165) is 24.3 Å². The van der Waals surface area contributed by atoms with Crippen molar-refractivity contribution in [3.63, 3.8) is 0 Å². The van der Waals surface area contributed by atoms with E-state index >= 15 is 0 Å². The van der Waals surface area contributed by atoms with Crippen LogP contribution in [0.5, 0.6) is 0 Å². The second-order valence-corrected chi connectivity index (χ2v) is 4.62. The summed E-state index contributed by atoms with van der Waals surface area (Å²) in [5.41, 5.74) is 8.26. The molecule has 1 aromatic carbocycles. The predicted molar refractivity (Wildman–Crippen MR) is 62.3 cm³/mol. The highest BCUT2D eigenvalue weighted by molar-refractivity contribution is 6.30. The Hall–Kier alpha value is -0.570. The van der Waals surface area contributed by atoms with E-state index in [1.165, 1.54) is 11.1 Å². The number of benzene rings is 1.